The first-order valence-electron chi connectivity index (χ1n) is 7.88. The highest BCUT2D eigenvalue weighted by Gasteiger charge is 2.23. The van der Waals surface area contributed by atoms with Crippen molar-refractivity contribution in [2.45, 2.75) is 25.7 Å². The van der Waals surface area contributed by atoms with E-state index in [1.807, 2.05) is 24.1 Å². The maximum atomic E-state index is 12.5. The molecule has 1 aromatic carbocycles. The van der Waals surface area contributed by atoms with Gasteiger partial charge in [-0.2, -0.15) is 0 Å². The summed E-state index contributed by atoms with van der Waals surface area (Å²) in [6.45, 7) is 2.77. The quantitative estimate of drug-likeness (QED) is 0.875. The van der Waals surface area contributed by atoms with Crippen molar-refractivity contribution in [3.63, 3.8) is 0 Å². The summed E-state index contributed by atoms with van der Waals surface area (Å²) in [4.78, 5) is 14.5. The van der Waals surface area contributed by atoms with Crippen molar-refractivity contribution in [3.8, 4) is 5.75 Å². The second-order valence-electron chi connectivity index (χ2n) is 5.85. The van der Waals surface area contributed by atoms with Crippen LogP contribution in [0.1, 0.15) is 24.8 Å². The number of ether oxygens (including phenoxy) is 1. The number of amides is 1. The van der Waals surface area contributed by atoms with Crippen LogP contribution in [0.2, 0.25) is 5.02 Å². The monoisotopic (exact) mass is 324 g/mol. The van der Waals surface area contributed by atoms with Gasteiger partial charge in [0.15, 0.2) is 0 Å². The summed E-state index contributed by atoms with van der Waals surface area (Å²) >= 11 is 6.02. The van der Waals surface area contributed by atoms with Gasteiger partial charge in [0.2, 0.25) is 5.91 Å². The smallest absolute Gasteiger partial charge is 0.227 e. The van der Waals surface area contributed by atoms with Crippen LogP contribution in [0, 0.1) is 5.92 Å². The van der Waals surface area contributed by atoms with Crippen molar-refractivity contribution in [1.29, 1.82) is 0 Å². The lowest BCUT2D eigenvalue weighted by Gasteiger charge is -2.32. The number of halogens is 1. The molecule has 0 radical (unpaired) electrons. The lowest BCUT2D eigenvalue weighted by molar-refractivity contribution is -0.131. The number of carbonyl (C=O) groups excluding carboxylic acids is 1. The lowest BCUT2D eigenvalue weighted by Crippen LogP contribution is -2.39. The number of nitrogens with one attached hydrogen (secondary N) is 1. The van der Waals surface area contributed by atoms with E-state index in [4.69, 9.17) is 16.3 Å². The molecule has 1 heterocycles. The number of benzene rings is 1. The van der Waals surface area contributed by atoms with Crippen molar-refractivity contribution in [2.75, 3.05) is 33.8 Å². The van der Waals surface area contributed by atoms with Crippen LogP contribution in [-0.4, -0.2) is 44.6 Å². The van der Waals surface area contributed by atoms with E-state index in [9.17, 15) is 4.79 Å². The van der Waals surface area contributed by atoms with Gasteiger partial charge in [-0.15, -0.1) is 0 Å². The number of hydrogen-bond donors (Lipinski definition) is 1. The zero-order valence-corrected chi connectivity index (χ0v) is 14.2. The van der Waals surface area contributed by atoms with Gasteiger partial charge in [0.05, 0.1) is 13.5 Å². The summed E-state index contributed by atoms with van der Waals surface area (Å²) in [5, 5.41) is 3.83. The Labute approximate surface area is 137 Å². The Morgan fingerprint density at radius 3 is 2.77 bits per heavy atom. The van der Waals surface area contributed by atoms with Gasteiger partial charge in [0, 0.05) is 23.7 Å². The standard InChI is InChI=1S/C17H25ClN2O2/c1-19-8-5-13-6-9-20(10-7-13)17(21)12-14-11-15(18)3-4-16(14)22-2/h3-4,11,13,19H,5-10,12H2,1-2H3. The van der Waals surface area contributed by atoms with Gasteiger partial charge in [-0.3, -0.25) is 4.79 Å². The normalized spacial score (nSPS) is 15.9. The molecule has 5 heteroatoms. The van der Waals surface area contributed by atoms with Gasteiger partial charge in [-0.1, -0.05) is 11.6 Å². The molecule has 1 fully saturated rings. The van der Waals surface area contributed by atoms with Crippen LogP contribution in [0.25, 0.3) is 0 Å². The fourth-order valence-corrected chi connectivity index (χ4v) is 3.17. The Kier molecular flexibility index (Phi) is 6.52. The summed E-state index contributed by atoms with van der Waals surface area (Å²) in [6.07, 6.45) is 3.74. The third kappa shape index (κ3) is 4.62. The summed E-state index contributed by atoms with van der Waals surface area (Å²) in [5.41, 5.74) is 0.859. The van der Waals surface area contributed by atoms with Crippen LogP contribution in [0.5, 0.6) is 5.75 Å². The average molecular weight is 325 g/mol. The molecule has 0 aromatic heterocycles. The third-order valence-electron chi connectivity index (χ3n) is 4.35. The van der Waals surface area contributed by atoms with Gasteiger partial charge in [0.25, 0.3) is 0 Å². The minimum absolute atomic E-state index is 0.160. The van der Waals surface area contributed by atoms with E-state index in [0.29, 0.717) is 11.4 Å². The molecular weight excluding hydrogens is 300 g/mol. The van der Waals surface area contributed by atoms with Gasteiger partial charge in [-0.25, -0.2) is 0 Å². The van der Waals surface area contributed by atoms with E-state index in [-0.39, 0.29) is 5.91 Å². The molecule has 1 N–H and O–H groups in total. The molecule has 2 rings (SSSR count). The molecule has 4 nitrogen and oxygen atoms in total. The van der Waals surface area contributed by atoms with Gasteiger partial charge in [0.1, 0.15) is 5.75 Å². The lowest BCUT2D eigenvalue weighted by atomic mass is 9.93. The molecule has 1 aliphatic heterocycles. The second-order valence-corrected chi connectivity index (χ2v) is 6.29. The fourth-order valence-electron chi connectivity index (χ4n) is 2.98. The molecule has 0 atom stereocenters. The first-order chi connectivity index (χ1) is 10.6. The summed E-state index contributed by atoms with van der Waals surface area (Å²) in [7, 11) is 3.60. The zero-order chi connectivity index (χ0) is 15.9. The SMILES string of the molecule is CNCCC1CCN(C(=O)Cc2cc(Cl)ccc2OC)CC1. The first-order valence-corrected chi connectivity index (χ1v) is 8.26. The molecule has 0 unspecified atom stereocenters. The Morgan fingerprint density at radius 2 is 2.14 bits per heavy atom. The predicted molar refractivity (Wildman–Crippen MR) is 89.6 cm³/mol. The molecule has 0 saturated carbocycles. The second kappa shape index (κ2) is 8.39. The van der Waals surface area contributed by atoms with Crippen LogP contribution in [0.15, 0.2) is 18.2 Å². The molecule has 1 amide bonds. The van der Waals surface area contributed by atoms with Gasteiger partial charge >= 0.3 is 0 Å². The van der Waals surface area contributed by atoms with Crippen LogP contribution in [-0.2, 0) is 11.2 Å². The van der Waals surface area contributed by atoms with Crippen molar-refractivity contribution in [1.82, 2.24) is 10.2 Å². The molecule has 22 heavy (non-hydrogen) atoms. The van der Waals surface area contributed by atoms with Crippen molar-refractivity contribution in [3.05, 3.63) is 28.8 Å². The molecule has 1 aliphatic rings. The van der Waals surface area contributed by atoms with Crippen molar-refractivity contribution in [2.24, 2.45) is 5.92 Å². The van der Waals surface area contributed by atoms with Gasteiger partial charge < -0.3 is 15.0 Å². The number of likely N-dealkylation sites (tertiary alicyclic amines) is 1. The largest absolute Gasteiger partial charge is 0.496 e. The van der Waals surface area contributed by atoms with E-state index >= 15 is 0 Å². The molecule has 0 bridgehead atoms. The highest BCUT2D eigenvalue weighted by Crippen LogP contribution is 2.25. The Balaban J connectivity index is 1.90. The van der Waals surface area contributed by atoms with Gasteiger partial charge in [-0.05, 0) is 57.0 Å². The van der Waals surface area contributed by atoms with Crippen molar-refractivity contribution < 1.29 is 9.53 Å². The maximum Gasteiger partial charge on any atom is 0.227 e. The average Bonchev–Trinajstić information content (AvgIpc) is 2.53. The Bertz CT molecular complexity index is 499. The zero-order valence-electron chi connectivity index (χ0n) is 13.4. The number of piperidine rings is 1. The highest BCUT2D eigenvalue weighted by molar-refractivity contribution is 6.30. The summed E-state index contributed by atoms with van der Waals surface area (Å²) < 4.78 is 5.31. The highest BCUT2D eigenvalue weighted by atomic mass is 35.5. The van der Waals surface area contributed by atoms with Crippen LogP contribution in [0.3, 0.4) is 0 Å². The van der Waals surface area contributed by atoms with E-state index in [0.717, 1.165) is 49.7 Å². The molecule has 1 saturated heterocycles. The van der Waals surface area contributed by atoms with E-state index < -0.39 is 0 Å². The minimum atomic E-state index is 0.160. The summed E-state index contributed by atoms with van der Waals surface area (Å²) in [6, 6.07) is 5.41. The number of rotatable bonds is 6. The maximum absolute atomic E-state index is 12.5. The summed E-state index contributed by atoms with van der Waals surface area (Å²) in [5.74, 6) is 1.62. The molecule has 1 aromatic rings. The first kappa shape index (κ1) is 17.1. The number of nitrogens with zero attached hydrogens (tertiary/aromatic N) is 1. The van der Waals surface area contributed by atoms with Crippen LogP contribution in [0.4, 0.5) is 0 Å². The number of hydrogen-bond acceptors (Lipinski definition) is 3. The molecular formula is C17H25ClN2O2. The van der Waals surface area contributed by atoms with Crippen LogP contribution < -0.4 is 10.1 Å². The number of methoxy groups -OCH3 is 1. The molecule has 0 aliphatic carbocycles. The van der Waals surface area contributed by atoms with E-state index in [2.05, 4.69) is 5.32 Å². The third-order valence-corrected chi connectivity index (χ3v) is 4.59. The fraction of sp³-hybridized carbons (Fsp3) is 0.588. The molecule has 122 valence electrons. The Hall–Kier alpha value is -1.26. The van der Waals surface area contributed by atoms with E-state index in [1.54, 1.807) is 13.2 Å². The van der Waals surface area contributed by atoms with E-state index in [1.165, 1.54) is 6.42 Å². The predicted octanol–water partition coefficient (Wildman–Crippen LogP) is 2.74. The molecule has 0 spiro atoms. The Morgan fingerprint density at radius 1 is 1.41 bits per heavy atom. The topological polar surface area (TPSA) is 41.6 Å². The number of carbonyl (C=O) groups is 1. The van der Waals surface area contributed by atoms with Crippen molar-refractivity contribution >= 4 is 17.5 Å². The van der Waals surface area contributed by atoms with Crippen LogP contribution >= 0.6 is 11.6 Å². The minimum Gasteiger partial charge on any atom is -0.496 e.